The number of nitrogens with zero attached hydrogens (tertiary/aromatic N) is 1. The van der Waals surface area contributed by atoms with Gasteiger partial charge in [-0.2, -0.15) is 0 Å². The van der Waals surface area contributed by atoms with Gasteiger partial charge in [0.15, 0.2) is 0 Å². The van der Waals surface area contributed by atoms with E-state index < -0.39 is 5.82 Å². The van der Waals surface area contributed by atoms with E-state index in [9.17, 15) is 9.18 Å². The van der Waals surface area contributed by atoms with Crippen molar-refractivity contribution in [2.24, 2.45) is 5.92 Å². The largest absolute Gasteiger partial charge is 0.398 e. The zero-order chi connectivity index (χ0) is 13.3. The molecule has 1 aromatic rings. The standard InChI is InChI=1S/C13H16BrFN2O/c1-2-8-3-4-17(7-8)13(18)9-5-11(15)10(14)6-12(9)16/h5-6,8H,2-4,7,16H2,1H3. The summed E-state index contributed by atoms with van der Waals surface area (Å²) in [5.74, 6) is -0.0795. The molecule has 2 N–H and O–H groups in total. The number of nitrogens with two attached hydrogens (primary N) is 1. The van der Waals surface area contributed by atoms with Crippen molar-refractivity contribution in [1.29, 1.82) is 0 Å². The first-order chi connectivity index (χ1) is 8.52. The molecule has 0 radical (unpaired) electrons. The number of anilines is 1. The van der Waals surface area contributed by atoms with Crippen molar-refractivity contribution in [2.45, 2.75) is 19.8 Å². The van der Waals surface area contributed by atoms with Crippen LogP contribution in [-0.2, 0) is 0 Å². The molecule has 1 aliphatic rings. The number of hydrogen-bond acceptors (Lipinski definition) is 2. The van der Waals surface area contributed by atoms with Gasteiger partial charge in [0.05, 0.1) is 10.0 Å². The third-order valence-corrected chi connectivity index (χ3v) is 4.08. The number of rotatable bonds is 2. The second-order valence-corrected chi connectivity index (χ2v) is 5.52. The van der Waals surface area contributed by atoms with Gasteiger partial charge in [-0.1, -0.05) is 13.3 Å². The smallest absolute Gasteiger partial charge is 0.256 e. The highest BCUT2D eigenvalue weighted by molar-refractivity contribution is 9.10. The average Bonchev–Trinajstić information content (AvgIpc) is 2.81. The number of carbonyl (C=O) groups excluding carboxylic acids is 1. The van der Waals surface area contributed by atoms with Crippen molar-refractivity contribution in [3.05, 3.63) is 28.0 Å². The second kappa shape index (κ2) is 5.26. The molecular formula is C13H16BrFN2O. The molecule has 3 nitrogen and oxygen atoms in total. The van der Waals surface area contributed by atoms with E-state index in [1.807, 2.05) is 0 Å². The predicted molar refractivity (Wildman–Crippen MR) is 72.8 cm³/mol. The van der Waals surface area contributed by atoms with Gasteiger partial charge < -0.3 is 10.6 Å². The molecule has 98 valence electrons. The van der Waals surface area contributed by atoms with E-state index in [0.717, 1.165) is 25.9 Å². The maximum atomic E-state index is 13.5. The van der Waals surface area contributed by atoms with E-state index in [1.54, 1.807) is 4.90 Å². The van der Waals surface area contributed by atoms with Crippen LogP contribution >= 0.6 is 15.9 Å². The van der Waals surface area contributed by atoms with Crippen LogP contribution in [0.25, 0.3) is 0 Å². The normalized spacial score (nSPS) is 19.3. The molecule has 1 unspecified atom stereocenters. The third kappa shape index (κ3) is 2.51. The van der Waals surface area contributed by atoms with Crippen LogP contribution in [-0.4, -0.2) is 23.9 Å². The Morgan fingerprint density at radius 1 is 1.61 bits per heavy atom. The van der Waals surface area contributed by atoms with Crippen LogP contribution in [0.2, 0.25) is 0 Å². The SMILES string of the molecule is CCC1CCN(C(=O)c2cc(F)c(Br)cc2N)C1. The molecule has 1 heterocycles. The van der Waals surface area contributed by atoms with Crippen LogP contribution in [0, 0.1) is 11.7 Å². The van der Waals surface area contributed by atoms with Crippen molar-refractivity contribution in [1.82, 2.24) is 4.90 Å². The number of nitrogen functional groups attached to an aromatic ring is 1. The maximum absolute atomic E-state index is 13.5. The molecule has 0 bridgehead atoms. The van der Waals surface area contributed by atoms with Gasteiger partial charge in [0.2, 0.25) is 0 Å². The van der Waals surface area contributed by atoms with Gasteiger partial charge in [0.25, 0.3) is 5.91 Å². The molecule has 0 aliphatic carbocycles. The lowest BCUT2D eigenvalue weighted by atomic mass is 10.1. The molecule has 2 rings (SSSR count). The molecule has 1 saturated heterocycles. The van der Waals surface area contributed by atoms with Crippen LogP contribution in [0.15, 0.2) is 16.6 Å². The summed E-state index contributed by atoms with van der Waals surface area (Å²) in [4.78, 5) is 14.0. The number of hydrogen-bond donors (Lipinski definition) is 1. The van der Waals surface area contributed by atoms with Crippen LogP contribution < -0.4 is 5.73 Å². The predicted octanol–water partition coefficient (Wildman–Crippen LogP) is 3.04. The zero-order valence-corrected chi connectivity index (χ0v) is 11.8. The van der Waals surface area contributed by atoms with Crippen LogP contribution in [0.1, 0.15) is 30.1 Å². The molecule has 1 amide bonds. The molecule has 0 saturated carbocycles. The van der Waals surface area contributed by atoms with E-state index in [2.05, 4.69) is 22.9 Å². The number of benzene rings is 1. The van der Waals surface area contributed by atoms with Crippen molar-refractivity contribution in [2.75, 3.05) is 18.8 Å². The summed E-state index contributed by atoms with van der Waals surface area (Å²) in [6.45, 7) is 3.59. The summed E-state index contributed by atoms with van der Waals surface area (Å²) in [5, 5.41) is 0. The lowest BCUT2D eigenvalue weighted by Crippen LogP contribution is -2.29. The summed E-state index contributed by atoms with van der Waals surface area (Å²) in [6.07, 6.45) is 2.08. The highest BCUT2D eigenvalue weighted by Crippen LogP contribution is 2.26. The summed E-state index contributed by atoms with van der Waals surface area (Å²) in [6, 6.07) is 2.65. The number of likely N-dealkylation sites (tertiary alicyclic amines) is 1. The Hall–Kier alpha value is -1.10. The molecule has 1 aromatic carbocycles. The van der Waals surface area contributed by atoms with Gasteiger partial charge >= 0.3 is 0 Å². The van der Waals surface area contributed by atoms with E-state index in [-0.39, 0.29) is 15.9 Å². The number of carbonyl (C=O) groups is 1. The molecule has 0 aromatic heterocycles. The molecule has 5 heteroatoms. The summed E-state index contributed by atoms with van der Waals surface area (Å²) in [5.41, 5.74) is 6.35. The van der Waals surface area contributed by atoms with Crippen LogP contribution in [0.3, 0.4) is 0 Å². The first-order valence-electron chi connectivity index (χ1n) is 6.06. The Balaban J connectivity index is 2.22. The Morgan fingerprint density at radius 3 is 2.94 bits per heavy atom. The maximum Gasteiger partial charge on any atom is 0.256 e. The van der Waals surface area contributed by atoms with Crippen molar-refractivity contribution in [3.8, 4) is 0 Å². The number of amides is 1. The molecule has 1 fully saturated rings. The fraction of sp³-hybridized carbons (Fsp3) is 0.462. The highest BCUT2D eigenvalue weighted by atomic mass is 79.9. The Bertz CT molecular complexity index is 478. The first kappa shape index (κ1) is 13.3. The Labute approximate surface area is 114 Å². The van der Waals surface area contributed by atoms with Gasteiger partial charge in [0, 0.05) is 18.8 Å². The van der Waals surface area contributed by atoms with E-state index in [1.165, 1.54) is 12.1 Å². The first-order valence-corrected chi connectivity index (χ1v) is 6.86. The van der Waals surface area contributed by atoms with E-state index >= 15 is 0 Å². The fourth-order valence-corrected chi connectivity index (χ4v) is 2.63. The monoisotopic (exact) mass is 314 g/mol. The van der Waals surface area contributed by atoms with Crippen molar-refractivity contribution < 1.29 is 9.18 Å². The van der Waals surface area contributed by atoms with Crippen molar-refractivity contribution in [3.63, 3.8) is 0 Å². The lowest BCUT2D eigenvalue weighted by molar-refractivity contribution is 0.0787. The minimum Gasteiger partial charge on any atom is -0.398 e. The van der Waals surface area contributed by atoms with Crippen LogP contribution in [0.5, 0.6) is 0 Å². The lowest BCUT2D eigenvalue weighted by Gasteiger charge is -2.17. The highest BCUT2D eigenvalue weighted by Gasteiger charge is 2.27. The number of halogens is 2. The third-order valence-electron chi connectivity index (χ3n) is 3.47. The van der Waals surface area contributed by atoms with E-state index in [4.69, 9.17) is 5.73 Å². The second-order valence-electron chi connectivity index (χ2n) is 4.67. The minimum absolute atomic E-state index is 0.171. The topological polar surface area (TPSA) is 46.3 Å². The molecule has 0 spiro atoms. The van der Waals surface area contributed by atoms with Crippen LogP contribution in [0.4, 0.5) is 10.1 Å². The summed E-state index contributed by atoms with van der Waals surface area (Å²) in [7, 11) is 0. The Kier molecular flexibility index (Phi) is 3.90. The minimum atomic E-state index is -0.459. The van der Waals surface area contributed by atoms with Gasteiger partial charge in [-0.15, -0.1) is 0 Å². The van der Waals surface area contributed by atoms with Crippen molar-refractivity contribution >= 4 is 27.5 Å². The van der Waals surface area contributed by atoms with Gasteiger partial charge in [-0.05, 0) is 40.4 Å². The van der Waals surface area contributed by atoms with Gasteiger partial charge in [0.1, 0.15) is 5.82 Å². The average molecular weight is 315 g/mol. The van der Waals surface area contributed by atoms with Gasteiger partial charge in [-0.25, -0.2) is 4.39 Å². The summed E-state index contributed by atoms with van der Waals surface area (Å²) < 4.78 is 13.8. The molecule has 1 aliphatic heterocycles. The van der Waals surface area contributed by atoms with Gasteiger partial charge in [-0.3, -0.25) is 4.79 Å². The zero-order valence-electron chi connectivity index (χ0n) is 10.2. The molecule has 18 heavy (non-hydrogen) atoms. The summed E-state index contributed by atoms with van der Waals surface area (Å²) >= 11 is 3.05. The quantitative estimate of drug-likeness (QED) is 0.853. The Morgan fingerprint density at radius 2 is 2.33 bits per heavy atom. The molecule has 1 atom stereocenters. The van der Waals surface area contributed by atoms with E-state index in [0.29, 0.717) is 11.6 Å². The molecular weight excluding hydrogens is 299 g/mol. The fourth-order valence-electron chi connectivity index (χ4n) is 2.27.